The number of unbranched alkanes of at least 4 members (excludes halogenated alkanes) is 1. The molecular formula is C14H25N3O2S. The summed E-state index contributed by atoms with van der Waals surface area (Å²) in [6.45, 7) is 6.87. The smallest absolute Gasteiger partial charge is 0.265 e. The number of thiophene rings is 1. The normalized spacial score (nSPS) is 10.7. The molecule has 0 aromatic carbocycles. The van der Waals surface area contributed by atoms with Gasteiger partial charge in [0.15, 0.2) is 5.75 Å². The summed E-state index contributed by atoms with van der Waals surface area (Å²) in [5.41, 5.74) is 6.53. The van der Waals surface area contributed by atoms with Crippen LogP contribution in [0.5, 0.6) is 5.75 Å². The number of carbonyl (C=O) groups is 1. The predicted molar refractivity (Wildman–Crippen MR) is 85.9 cm³/mol. The molecule has 5 nitrogen and oxygen atoms in total. The van der Waals surface area contributed by atoms with E-state index in [4.69, 9.17) is 10.5 Å². The van der Waals surface area contributed by atoms with E-state index in [1.165, 1.54) is 16.2 Å². The van der Waals surface area contributed by atoms with E-state index in [0.717, 1.165) is 24.4 Å². The van der Waals surface area contributed by atoms with E-state index in [0.29, 0.717) is 16.3 Å². The number of hydrogen-bond donors (Lipinski definition) is 2. The molecule has 6 heteroatoms. The van der Waals surface area contributed by atoms with Crippen molar-refractivity contribution in [2.75, 3.05) is 31.7 Å². The number of nitrogen functional groups attached to an aromatic ring is 1. The maximum absolute atomic E-state index is 12.1. The maximum Gasteiger partial charge on any atom is 0.265 e. The number of amides is 1. The first-order chi connectivity index (χ1) is 9.38. The molecule has 1 aromatic rings. The van der Waals surface area contributed by atoms with Crippen molar-refractivity contribution in [2.24, 2.45) is 0 Å². The topological polar surface area (TPSA) is 67.6 Å². The molecule has 1 aromatic heterocycles. The number of rotatable bonds is 7. The third-order valence-electron chi connectivity index (χ3n) is 2.67. The van der Waals surface area contributed by atoms with Gasteiger partial charge in [-0.1, -0.05) is 13.3 Å². The van der Waals surface area contributed by atoms with Crippen LogP contribution in [-0.4, -0.2) is 37.6 Å². The summed E-state index contributed by atoms with van der Waals surface area (Å²) in [5, 5.41) is 4.16. The second kappa shape index (κ2) is 7.38. The first-order valence-corrected chi connectivity index (χ1v) is 7.74. The molecule has 0 bridgehead atoms. The molecule has 0 fully saturated rings. The third kappa shape index (κ3) is 4.03. The zero-order valence-electron chi connectivity index (χ0n) is 12.9. The SMILES string of the molecule is CCCCNc1sc(C(=O)N(C)C)c(N)c1OC(C)C. The fourth-order valence-electron chi connectivity index (χ4n) is 1.64. The Kier molecular flexibility index (Phi) is 6.13. The Labute approximate surface area is 125 Å². The van der Waals surface area contributed by atoms with Gasteiger partial charge in [-0.15, -0.1) is 11.3 Å². The van der Waals surface area contributed by atoms with Gasteiger partial charge in [-0.2, -0.15) is 0 Å². The quantitative estimate of drug-likeness (QED) is 0.759. The molecule has 1 amide bonds. The van der Waals surface area contributed by atoms with Gasteiger partial charge in [0, 0.05) is 20.6 Å². The predicted octanol–water partition coefficient (Wildman–Crippen LogP) is 3.03. The molecule has 0 radical (unpaired) electrons. The van der Waals surface area contributed by atoms with Gasteiger partial charge in [0.1, 0.15) is 15.6 Å². The van der Waals surface area contributed by atoms with Gasteiger partial charge in [-0.3, -0.25) is 4.79 Å². The van der Waals surface area contributed by atoms with E-state index >= 15 is 0 Å². The Morgan fingerprint density at radius 1 is 1.45 bits per heavy atom. The van der Waals surface area contributed by atoms with Crippen molar-refractivity contribution in [2.45, 2.75) is 39.7 Å². The summed E-state index contributed by atoms with van der Waals surface area (Å²) in [6.07, 6.45) is 2.19. The number of anilines is 2. The molecule has 0 saturated heterocycles. The fraction of sp³-hybridized carbons (Fsp3) is 0.643. The van der Waals surface area contributed by atoms with E-state index in [-0.39, 0.29) is 12.0 Å². The van der Waals surface area contributed by atoms with Gasteiger partial charge in [-0.25, -0.2) is 0 Å². The van der Waals surface area contributed by atoms with Crippen LogP contribution in [-0.2, 0) is 0 Å². The molecule has 20 heavy (non-hydrogen) atoms. The average Bonchev–Trinajstić information content (AvgIpc) is 2.66. The van der Waals surface area contributed by atoms with Crippen LogP contribution < -0.4 is 15.8 Å². The Hall–Kier alpha value is -1.43. The third-order valence-corrected chi connectivity index (χ3v) is 3.80. The Bertz CT molecular complexity index is 456. The van der Waals surface area contributed by atoms with Crippen LogP contribution in [0.25, 0.3) is 0 Å². The average molecular weight is 299 g/mol. The molecule has 1 rings (SSSR count). The summed E-state index contributed by atoms with van der Waals surface area (Å²) in [5.74, 6) is 0.510. The summed E-state index contributed by atoms with van der Waals surface area (Å²) < 4.78 is 5.77. The Morgan fingerprint density at radius 2 is 2.10 bits per heavy atom. The molecule has 114 valence electrons. The molecule has 0 atom stereocenters. The number of carbonyl (C=O) groups excluding carboxylic acids is 1. The van der Waals surface area contributed by atoms with Crippen molar-refractivity contribution in [3.8, 4) is 5.75 Å². The Morgan fingerprint density at radius 3 is 2.60 bits per heavy atom. The highest BCUT2D eigenvalue weighted by Gasteiger charge is 2.23. The molecule has 1 heterocycles. The number of nitrogens with two attached hydrogens (primary N) is 1. The van der Waals surface area contributed by atoms with Gasteiger partial charge in [0.25, 0.3) is 5.91 Å². The lowest BCUT2D eigenvalue weighted by Gasteiger charge is -2.13. The van der Waals surface area contributed by atoms with E-state index < -0.39 is 0 Å². The molecule has 0 unspecified atom stereocenters. The number of nitrogens with zero attached hydrogens (tertiary/aromatic N) is 1. The molecular weight excluding hydrogens is 274 g/mol. The van der Waals surface area contributed by atoms with Crippen LogP contribution in [0, 0.1) is 0 Å². The van der Waals surface area contributed by atoms with E-state index in [2.05, 4.69) is 12.2 Å². The molecule has 0 aliphatic heterocycles. The lowest BCUT2D eigenvalue weighted by Crippen LogP contribution is -2.21. The zero-order valence-corrected chi connectivity index (χ0v) is 13.8. The first kappa shape index (κ1) is 16.6. The summed E-state index contributed by atoms with van der Waals surface area (Å²) in [4.78, 5) is 14.2. The largest absolute Gasteiger partial charge is 0.486 e. The fourth-order valence-corrected chi connectivity index (χ4v) is 2.74. The monoisotopic (exact) mass is 299 g/mol. The van der Waals surface area contributed by atoms with Gasteiger partial charge in [0.2, 0.25) is 0 Å². The maximum atomic E-state index is 12.1. The van der Waals surface area contributed by atoms with Crippen molar-refractivity contribution in [3.63, 3.8) is 0 Å². The second-order valence-corrected chi connectivity index (χ2v) is 6.17. The minimum Gasteiger partial charge on any atom is -0.486 e. The van der Waals surface area contributed by atoms with Crippen LogP contribution in [0.4, 0.5) is 10.7 Å². The van der Waals surface area contributed by atoms with Crippen LogP contribution in [0.15, 0.2) is 0 Å². The summed E-state index contributed by atoms with van der Waals surface area (Å²) in [7, 11) is 3.43. The number of ether oxygens (including phenoxy) is 1. The first-order valence-electron chi connectivity index (χ1n) is 6.92. The molecule has 0 spiro atoms. The zero-order chi connectivity index (χ0) is 15.3. The van der Waals surface area contributed by atoms with Crippen LogP contribution in [0.2, 0.25) is 0 Å². The highest BCUT2D eigenvalue weighted by Crippen LogP contribution is 2.43. The molecule has 0 saturated carbocycles. The minimum atomic E-state index is -0.0929. The van der Waals surface area contributed by atoms with Crippen molar-refractivity contribution >= 4 is 27.9 Å². The number of nitrogens with one attached hydrogen (secondary N) is 1. The van der Waals surface area contributed by atoms with Gasteiger partial charge >= 0.3 is 0 Å². The lowest BCUT2D eigenvalue weighted by atomic mass is 10.3. The standard InChI is InChI=1S/C14H25N3O2S/c1-6-7-8-16-13-11(19-9(2)3)10(15)12(20-13)14(18)17(4)5/h9,16H,6-8,15H2,1-5H3. The number of hydrogen-bond acceptors (Lipinski definition) is 5. The van der Waals surface area contributed by atoms with Crippen molar-refractivity contribution in [1.82, 2.24) is 4.90 Å². The van der Waals surface area contributed by atoms with Crippen molar-refractivity contribution < 1.29 is 9.53 Å². The summed E-state index contributed by atoms with van der Waals surface area (Å²) >= 11 is 1.36. The van der Waals surface area contributed by atoms with Gasteiger partial charge < -0.3 is 20.7 Å². The highest BCUT2D eigenvalue weighted by atomic mass is 32.1. The van der Waals surface area contributed by atoms with Crippen molar-refractivity contribution in [3.05, 3.63) is 4.88 Å². The minimum absolute atomic E-state index is 0.0148. The molecule has 0 aliphatic carbocycles. The second-order valence-electron chi connectivity index (χ2n) is 5.15. The molecule has 3 N–H and O–H groups in total. The summed E-state index contributed by atoms with van der Waals surface area (Å²) in [6, 6.07) is 0. The van der Waals surface area contributed by atoms with E-state index in [1.54, 1.807) is 14.1 Å². The van der Waals surface area contributed by atoms with Crippen LogP contribution >= 0.6 is 11.3 Å². The van der Waals surface area contributed by atoms with Gasteiger partial charge in [0.05, 0.1) is 6.10 Å². The molecule has 0 aliphatic rings. The van der Waals surface area contributed by atoms with E-state index in [1.807, 2.05) is 13.8 Å². The lowest BCUT2D eigenvalue weighted by molar-refractivity contribution is 0.0833. The highest BCUT2D eigenvalue weighted by molar-refractivity contribution is 7.19. The van der Waals surface area contributed by atoms with Crippen LogP contribution in [0.1, 0.15) is 43.3 Å². The van der Waals surface area contributed by atoms with E-state index in [9.17, 15) is 4.79 Å². The van der Waals surface area contributed by atoms with Gasteiger partial charge in [-0.05, 0) is 20.3 Å². The van der Waals surface area contributed by atoms with Crippen LogP contribution in [0.3, 0.4) is 0 Å². The Balaban J connectivity index is 3.06. The van der Waals surface area contributed by atoms with Crippen molar-refractivity contribution in [1.29, 1.82) is 0 Å².